The van der Waals surface area contributed by atoms with E-state index in [1.54, 1.807) is 6.20 Å². The number of carboxylic acid groups (broad SMARTS) is 1. The summed E-state index contributed by atoms with van der Waals surface area (Å²) in [5.74, 6) is -0.557. The Morgan fingerprint density at radius 1 is 1.61 bits per heavy atom. The molecule has 1 aromatic rings. The van der Waals surface area contributed by atoms with Crippen molar-refractivity contribution >= 4 is 11.7 Å². The van der Waals surface area contributed by atoms with Gasteiger partial charge in [0.25, 0.3) is 5.56 Å². The Hall–Kier alpha value is -1.78. The maximum Gasteiger partial charge on any atom is 0.323 e. The number of aryl methyl sites for hydroxylation is 1. The van der Waals surface area contributed by atoms with E-state index in [1.807, 2.05) is 6.07 Å². The molecule has 1 aliphatic rings. The van der Waals surface area contributed by atoms with Crippen molar-refractivity contribution in [2.45, 2.75) is 39.3 Å². The molecule has 0 bridgehead atoms. The minimum atomic E-state index is -1.01. The summed E-state index contributed by atoms with van der Waals surface area (Å²) in [6, 6.07) is 2.12. The van der Waals surface area contributed by atoms with Crippen LogP contribution in [0.25, 0.3) is 0 Å². The molecule has 0 spiro atoms. The van der Waals surface area contributed by atoms with E-state index >= 15 is 0 Å². The second-order valence-electron chi connectivity index (χ2n) is 5.08. The van der Waals surface area contributed by atoms with Crippen LogP contribution >= 0.6 is 0 Å². The predicted molar refractivity (Wildman–Crippen MR) is 68.9 cm³/mol. The normalized spacial score (nSPS) is 18.3. The number of hydrogen-bond acceptors (Lipinski definition) is 3. The third-order valence-corrected chi connectivity index (χ3v) is 3.42. The molecule has 0 aliphatic carbocycles. The first-order valence-electron chi connectivity index (χ1n) is 6.19. The Labute approximate surface area is 105 Å². The number of anilines is 1. The van der Waals surface area contributed by atoms with E-state index < -0.39 is 5.97 Å². The largest absolute Gasteiger partial charge is 0.480 e. The van der Waals surface area contributed by atoms with Gasteiger partial charge in [-0.25, -0.2) is 0 Å². The lowest BCUT2D eigenvalue weighted by Gasteiger charge is -2.29. The van der Waals surface area contributed by atoms with Crippen molar-refractivity contribution in [2.75, 3.05) is 5.32 Å². The summed E-state index contributed by atoms with van der Waals surface area (Å²) in [7, 11) is 0. The number of nitrogens with one attached hydrogen (secondary N) is 1. The molecular weight excluding hydrogens is 232 g/mol. The molecule has 1 aromatic heterocycles. The SMILES string of the molecule is CC(C)C1CCc2ccn(CC(=O)O)c(=O)c2N1. The van der Waals surface area contributed by atoms with E-state index in [1.165, 1.54) is 4.57 Å². The Morgan fingerprint density at radius 2 is 2.33 bits per heavy atom. The fourth-order valence-electron chi connectivity index (χ4n) is 2.31. The van der Waals surface area contributed by atoms with E-state index in [4.69, 9.17) is 5.11 Å². The van der Waals surface area contributed by atoms with E-state index in [9.17, 15) is 9.59 Å². The average molecular weight is 250 g/mol. The molecule has 18 heavy (non-hydrogen) atoms. The molecule has 1 unspecified atom stereocenters. The summed E-state index contributed by atoms with van der Waals surface area (Å²) in [4.78, 5) is 22.8. The first-order valence-corrected chi connectivity index (χ1v) is 6.19. The first-order chi connectivity index (χ1) is 8.49. The highest BCUT2D eigenvalue weighted by atomic mass is 16.4. The number of pyridine rings is 1. The fourth-order valence-corrected chi connectivity index (χ4v) is 2.31. The van der Waals surface area contributed by atoms with Gasteiger partial charge in [0.1, 0.15) is 12.2 Å². The Kier molecular flexibility index (Phi) is 3.41. The smallest absolute Gasteiger partial charge is 0.323 e. The van der Waals surface area contributed by atoms with Crippen molar-refractivity contribution in [1.82, 2.24) is 4.57 Å². The van der Waals surface area contributed by atoms with Gasteiger partial charge < -0.3 is 15.0 Å². The number of fused-ring (bicyclic) bond motifs is 1. The summed E-state index contributed by atoms with van der Waals surface area (Å²) in [6.45, 7) is 3.93. The van der Waals surface area contributed by atoms with Gasteiger partial charge in [-0.05, 0) is 30.4 Å². The molecule has 0 fully saturated rings. The Bertz CT molecular complexity index is 519. The number of aromatic nitrogens is 1. The van der Waals surface area contributed by atoms with Crippen molar-refractivity contribution in [2.24, 2.45) is 5.92 Å². The van der Waals surface area contributed by atoms with E-state index in [2.05, 4.69) is 19.2 Å². The van der Waals surface area contributed by atoms with Gasteiger partial charge in [0.2, 0.25) is 0 Å². The van der Waals surface area contributed by atoms with Crippen LogP contribution in [0.1, 0.15) is 25.8 Å². The number of hydrogen-bond donors (Lipinski definition) is 2. The summed E-state index contributed by atoms with van der Waals surface area (Å²) in [5.41, 5.74) is 1.32. The molecular formula is C13H18N2O3. The highest BCUT2D eigenvalue weighted by molar-refractivity contribution is 5.67. The molecule has 0 amide bonds. The van der Waals surface area contributed by atoms with Crippen molar-refractivity contribution in [3.8, 4) is 0 Å². The highest BCUT2D eigenvalue weighted by Gasteiger charge is 2.23. The molecule has 1 atom stereocenters. The Morgan fingerprint density at radius 3 is 2.94 bits per heavy atom. The topological polar surface area (TPSA) is 71.3 Å². The lowest BCUT2D eigenvalue weighted by Crippen LogP contribution is -2.36. The molecule has 0 saturated heterocycles. The number of aliphatic carboxylic acids is 1. The van der Waals surface area contributed by atoms with Gasteiger partial charge in [-0.2, -0.15) is 0 Å². The number of rotatable bonds is 3. The van der Waals surface area contributed by atoms with Crippen LogP contribution in [0.5, 0.6) is 0 Å². The first kappa shape index (κ1) is 12.7. The highest BCUT2D eigenvalue weighted by Crippen LogP contribution is 2.24. The van der Waals surface area contributed by atoms with Crippen LogP contribution in [-0.2, 0) is 17.8 Å². The number of carboxylic acids is 1. The van der Waals surface area contributed by atoms with Crippen LogP contribution in [0, 0.1) is 5.92 Å². The van der Waals surface area contributed by atoms with Crippen molar-refractivity contribution in [3.63, 3.8) is 0 Å². The summed E-state index contributed by atoms with van der Waals surface area (Å²) in [5, 5.41) is 12.0. The number of carbonyl (C=O) groups is 1. The molecule has 0 aromatic carbocycles. The lowest BCUT2D eigenvalue weighted by molar-refractivity contribution is -0.137. The quantitative estimate of drug-likeness (QED) is 0.848. The van der Waals surface area contributed by atoms with Crippen molar-refractivity contribution in [1.29, 1.82) is 0 Å². The lowest BCUT2D eigenvalue weighted by atomic mass is 9.92. The zero-order chi connectivity index (χ0) is 13.3. The van der Waals surface area contributed by atoms with Gasteiger partial charge in [-0.1, -0.05) is 13.8 Å². The fraction of sp³-hybridized carbons (Fsp3) is 0.538. The zero-order valence-electron chi connectivity index (χ0n) is 10.6. The van der Waals surface area contributed by atoms with Gasteiger partial charge in [0.05, 0.1) is 0 Å². The number of nitrogens with zero attached hydrogens (tertiary/aromatic N) is 1. The van der Waals surface area contributed by atoms with Crippen LogP contribution in [-0.4, -0.2) is 21.7 Å². The minimum Gasteiger partial charge on any atom is -0.480 e. The Balaban J connectivity index is 2.36. The summed E-state index contributed by atoms with van der Waals surface area (Å²) < 4.78 is 1.23. The molecule has 98 valence electrons. The standard InChI is InChI=1S/C13H18N2O3/c1-8(2)10-4-3-9-5-6-15(7-11(16)17)13(18)12(9)14-10/h5-6,8,10,14H,3-4,7H2,1-2H3,(H,16,17). The van der Waals surface area contributed by atoms with Gasteiger partial charge in [0, 0.05) is 12.2 Å². The van der Waals surface area contributed by atoms with Crippen LogP contribution in [0.15, 0.2) is 17.1 Å². The van der Waals surface area contributed by atoms with Crippen LogP contribution in [0.3, 0.4) is 0 Å². The van der Waals surface area contributed by atoms with E-state index in [0.29, 0.717) is 11.6 Å². The minimum absolute atomic E-state index is 0.236. The second-order valence-corrected chi connectivity index (χ2v) is 5.08. The van der Waals surface area contributed by atoms with Gasteiger partial charge in [0.15, 0.2) is 0 Å². The molecule has 2 N–H and O–H groups in total. The molecule has 0 radical (unpaired) electrons. The van der Waals surface area contributed by atoms with Gasteiger partial charge >= 0.3 is 5.97 Å². The van der Waals surface area contributed by atoms with Crippen molar-refractivity contribution in [3.05, 3.63) is 28.2 Å². The van der Waals surface area contributed by atoms with Crippen LogP contribution < -0.4 is 10.9 Å². The second kappa shape index (κ2) is 4.84. The maximum atomic E-state index is 12.2. The molecule has 2 heterocycles. The van der Waals surface area contributed by atoms with Crippen LogP contribution in [0.4, 0.5) is 5.69 Å². The van der Waals surface area contributed by atoms with Crippen molar-refractivity contribution < 1.29 is 9.90 Å². The average Bonchev–Trinajstić information content (AvgIpc) is 2.32. The third-order valence-electron chi connectivity index (χ3n) is 3.42. The zero-order valence-corrected chi connectivity index (χ0v) is 10.6. The summed E-state index contributed by atoms with van der Waals surface area (Å²) >= 11 is 0. The van der Waals surface area contributed by atoms with Crippen LogP contribution in [0.2, 0.25) is 0 Å². The predicted octanol–water partition coefficient (Wildman–Crippen LogP) is 1.32. The third kappa shape index (κ3) is 2.39. The maximum absolute atomic E-state index is 12.2. The molecule has 0 saturated carbocycles. The molecule has 1 aliphatic heterocycles. The molecule has 5 nitrogen and oxygen atoms in total. The molecule has 2 rings (SSSR count). The summed E-state index contributed by atoms with van der Waals surface area (Å²) in [6.07, 6.45) is 3.44. The van der Waals surface area contributed by atoms with E-state index in [-0.39, 0.29) is 18.1 Å². The molecule has 5 heteroatoms. The van der Waals surface area contributed by atoms with E-state index in [0.717, 1.165) is 18.4 Å². The monoisotopic (exact) mass is 250 g/mol. The van der Waals surface area contributed by atoms with Gasteiger partial charge in [-0.3, -0.25) is 9.59 Å². The van der Waals surface area contributed by atoms with Gasteiger partial charge in [-0.15, -0.1) is 0 Å².